The highest BCUT2D eigenvalue weighted by Gasteiger charge is 2.04. The molecule has 0 saturated carbocycles. The van der Waals surface area contributed by atoms with E-state index in [1.165, 1.54) is 0 Å². The zero-order valence-corrected chi connectivity index (χ0v) is 12.7. The molecule has 1 heterocycles. The van der Waals surface area contributed by atoms with Crippen molar-refractivity contribution >= 4 is 17.6 Å². The fraction of sp³-hybridized carbons (Fsp3) is 0.692. The Bertz CT molecular complexity index is 331. The molecule has 0 spiro atoms. The van der Waals surface area contributed by atoms with Crippen LogP contribution in [0.2, 0.25) is 0 Å². The normalized spacial score (nSPS) is 10.9. The molecule has 4 nitrogen and oxygen atoms in total. The number of hydrogen-bond acceptors (Lipinski definition) is 5. The number of aryl methyl sites for hydroxylation is 1. The van der Waals surface area contributed by atoms with Crippen LogP contribution >= 0.6 is 11.8 Å². The molecule has 0 radical (unpaired) electrons. The molecule has 1 rings (SSSR count). The van der Waals surface area contributed by atoms with Crippen molar-refractivity contribution in [3.8, 4) is 0 Å². The molecule has 1 aromatic heterocycles. The van der Waals surface area contributed by atoms with Crippen LogP contribution in [0, 0.1) is 0 Å². The molecule has 0 unspecified atom stereocenters. The van der Waals surface area contributed by atoms with Gasteiger partial charge in [0.25, 0.3) is 0 Å². The van der Waals surface area contributed by atoms with Crippen molar-refractivity contribution in [1.82, 2.24) is 14.9 Å². The molecule has 5 heteroatoms. The maximum absolute atomic E-state index is 4.54. The fourth-order valence-corrected chi connectivity index (χ4v) is 2.58. The van der Waals surface area contributed by atoms with Gasteiger partial charge in [-0.3, -0.25) is 0 Å². The minimum absolute atomic E-state index is 0.874. The number of rotatable bonds is 8. The highest BCUT2D eigenvalue weighted by atomic mass is 32.2. The van der Waals surface area contributed by atoms with E-state index in [9.17, 15) is 0 Å². The number of anilines is 1. The summed E-state index contributed by atoms with van der Waals surface area (Å²) in [5.41, 5.74) is 0. The van der Waals surface area contributed by atoms with Crippen LogP contribution in [0.3, 0.4) is 0 Å². The number of thioether (sulfide) groups is 1. The summed E-state index contributed by atoms with van der Waals surface area (Å²) in [4.78, 5) is 11.4. The Hall–Kier alpha value is -0.810. The van der Waals surface area contributed by atoms with E-state index >= 15 is 0 Å². The predicted octanol–water partition coefficient (Wildman–Crippen LogP) is 2.51. The van der Waals surface area contributed by atoms with Crippen LogP contribution in [-0.4, -0.2) is 47.3 Å². The van der Waals surface area contributed by atoms with Gasteiger partial charge in [-0.1, -0.05) is 20.8 Å². The molecule has 1 N–H and O–H groups in total. The molecule has 0 aromatic carbocycles. The first kappa shape index (κ1) is 15.2. The van der Waals surface area contributed by atoms with Gasteiger partial charge in [0.15, 0.2) is 0 Å². The lowest BCUT2D eigenvalue weighted by Gasteiger charge is -2.17. The molecule has 102 valence electrons. The summed E-state index contributed by atoms with van der Waals surface area (Å²) in [6.07, 6.45) is 0.874. The summed E-state index contributed by atoms with van der Waals surface area (Å²) in [5.74, 6) is 2.89. The van der Waals surface area contributed by atoms with Crippen molar-refractivity contribution in [3.63, 3.8) is 0 Å². The van der Waals surface area contributed by atoms with Crippen LogP contribution in [0.5, 0.6) is 0 Å². The largest absolute Gasteiger partial charge is 0.373 e. The minimum Gasteiger partial charge on any atom is -0.373 e. The van der Waals surface area contributed by atoms with E-state index in [-0.39, 0.29) is 0 Å². The molecule has 18 heavy (non-hydrogen) atoms. The van der Waals surface area contributed by atoms with E-state index in [1.807, 2.05) is 13.1 Å². The average molecular weight is 268 g/mol. The zero-order chi connectivity index (χ0) is 13.4. The Morgan fingerprint density at radius 3 is 2.50 bits per heavy atom. The lowest BCUT2D eigenvalue weighted by molar-refractivity contribution is 0.324. The van der Waals surface area contributed by atoms with Gasteiger partial charge in [-0.25, -0.2) is 9.97 Å². The van der Waals surface area contributed by atoms with Crippen molar-refractivity contribution in [1.29, 1.82) is 0 Å². The van der Waals surface area contributed by atoms with Gasteiger partial charge in [0.2, 0.25) is 0 Å². The molecule has 0 amide bonds. The second-order valence-corrected chi connectivity index (χ2v) is 5.10. The standard InChI is InChI=1S/C13H24N4S/c1-5-11-15-12(14-4)10-13(16-11)18-9-8-17(6-2)7-3/h10H,5-9H2,1-4H3,(H,14,15,16). The Morgan fingerprint density at radius 1 is 1.22 bits per heavy atom. The number of nitrogens with zero attached hydrogens (tertiary/aromatic N) is 3. The number of hydrogen-bond donors (Lipinski definition) is 1. The Balaban J connectivity index is 2.55. The van der Waals surface area contributed by atoms with Crippen LogP contribution in [0.4, 0.5) is 5.82 Å². The van der Waals surface area contributed by atoms with Gasteiger partial charge >= 0.3 is 0 Å². The van der Waals surface area contributed by atoms with Gasteiger partial charge in [0, 0.05) is 31.8 Å². The average Bonchev–Trinajstić information content (AvgIpc) is 2.43. The number of nitrogens with one attached hydrogen (secondary N) is 1. The highest BCUT2D eigenvalue weighted by molar-refractivity contribution is 7.99. The quantitative estimate of drug-likeness (QED) is 0.579. The first-order valence-electron chi connectivity index (χ1n) is 6.64. The van der Waals surface area contributed by atoms with E-state index in [0.29, 0.717) is 0 Å². The molecular weight excluding hydrogens is 244 g/mol. The van der Waals surface area contributed by atoms with Crippen molar-refractivity contribution in [2.24, 2.45) is 0 Å². The van der Waals surface area contributed by atoms with Crippen molar-refractivity contribution in [3.05, 3.63) is 11.9 Å². The third-order valence-electron chi connectivity index (χ3n) is 2.87. The highest BCUT2D eigenvalue weighted by Crippen LogP contribution is 2.18. The third kappa shape index (κ3) is 4.82. The van der Waals surface area contributed by atoms with Crippen LogP contribution in [-0.2, 0) is 6.42 Å². The summed E-state index contributed by atoms with van der Waals surface area (Å²) < 4.78 is 0. The lowest BCUT2D eigenvalue weighted by atomic mass is 10.4. The van der Waals surface area contributed by atoms with Crippen molar-refractivity contribution < 1.29 is 0 Å². The first-order valence-corrected chi connectivity index (χ1v) is 7.62. The molecule has 0 aliphatic rings. The van der Waals surface area contributed by atoms with Gasteiger partial charge in [-0.2, -0.15) is 0 Å². The Labute approximate surface area is 115 Å². The van der Waals surface area contributed by atoms with E-state index in [0.717, 1.165) is 48.5 Å². The van der Waals surface area contributed by atoms with Gasteiger partial charge in [0.05, 0.1) is 0 Å². The van der Waals surface area contributed by atoms with Gasteiger partial charge in [0.1, 0.15) is 16.7 Å². The summed E-state index contributed by atoms with van der Waals surface area (Å²) in [5, 5.41) is 4.16. The molecule has 1 aromatic rings. The topological polar surface area (TPSA) is 41.1 Å². The molecule has 0 fully saturated rings. The summed E-state index contributed by atoms with van der Waals surface area (Å²) in [7, 11) is 1.89. The van der Waals surface area contributed by atoms with Crippen LogP contribution in [0.1, 0.15) is 26.6 Å². The second kappa shape index (κ2) is 8.32. The number of aromatic nitrogens is 2. The van der Waals surface area contributed by atoms with Crippen LogP contribution in [0.15, 0.2) is 11.1 Å². The van der Waals surface area contributed by atoms with Gasteiger partial charge in [-0.15, -0.1) is 11.8 Å². The second-order valence-electron chi connectivity index (χ2n) is 3.99. The summed E-state index contributed by atoms with van der Waals surface area (Å²) in [6.45, 7) is 9.82. The molecule has 0 aliphatic carbocycles. The van der Waals surface area contributed by atoms with Gasteiger partial charge < -0.3 is 10.2 Å². The van der Waals surface area contributed by atoms with Gasteiger partial charge in [-0.05, 0) is 13.1 Å². The van der Waals surface area contributed by atoms with E-state index in [1.54, 1.807) is 11.8 Å². The fourth-order valence-electron chi connectivity index (χ4n) is 1.65. The zero-order valence-electron chi connectivity index (χ0n) is 11.9. The van der Waals surface area contributed by atoms with Crippen molar-refractivity contribution in [2.45, 2.75) is 32.2 Å². The minimum atomic E-state index is 0.874. The van der Waals surface area contributed by atoms with E-state index < -0.39 is 0 Å². The summed E-state index contributed by atoms with van der Waals surface area (Å²) in [6, 6.07) is 2.02. The Morgan fingerprint density at radius 2 is 1.94 bits per heavy atom. The monoisotopic (exact) mass is 268 g/mol. The maximum Gasteiger partial charge on any atom is 0.131 e. The van der Waals surface area contributed by atoms with E-state index in [4.69, 9.17) is 0 Å². The lowest BCUT2D eigenvalue weighted by Crippen LogP contribution is -2.25. The SMILES string of the molecule is CCc1nc(NC)cc(SCCN(CC)CC)n1. The third-order valence-corrected chi connectivity index (χ3v) is 3.76. The molecule has 0 bridgehead atoms. The maximum atomic E-state index is 4.54. The Kier molecular flexibility index (Phi) is 7.05. The molecule has 0 saturated heterocycles. The first-order chi connectivity index (χ1) is 8.73. The van der Waals surface area contributed by atoms with Crippen LogP contribution < -0.4 is 5.32 Å². The van der Waals surface area contributed by atoms with E-state index in [2.05, 4.69) is 41.0 Å². The molecule has 0 atom stereocenters. The molecular formula is C13H24N4S. The predicted molar refractivity (Wildman–Crippen MR) is 79.5 cm³/mol. The smallest absolute Gasteiger partial charge is 0.131 e. The summed E-state index contributed by atoms with van der Waals surface area (Å²) >= 11 is 1.81. The van der Waals surface area contributed by atoms with Crippen molar-refractivity contribution in [2.75, 3.05) is 37.8 Å². The van der Waals surface area contributed by atoms with Crippen LogP contribution in [0.25, 0.3) is 0 Å². The molecule has 0 aliphatic heterocycles.